The molecular formula is C13H13F3N2O2. The lowest BCUT2D eigenvalue weighted by Crippen LogP contribution is -2.25. The van der Waals surface area contributed by atoms with Gasteiger partial charge in [-0.05, 0) is 37.1 Å². The minimum Gasteiger partial charge on any atom is -0.480 e. The molecule has 1 heterocycles. The number of carboxylic acids is 1. The molecular weight excluding hydrogens is 273 g/mol. The number of hydrogen-bond acceptors (Lipinski definition) is 2. The van der Waals surface area contributed by atoms with E-state index in [9.17, 15) is 18.0 Å². The molecule has 2 rings (SSSR count). The lowest BCUT2D eigenvalue weighted by molar-refractivity contribution is -0.161. The van der Waals surface area contributed by atoms with Crippen molar-refractivity contribution in [2.45, 2.75) is 32.5 Å². The number of imidazole rings is 1. The summed E-state index contributed by atoms with van der Waals surface area (Å²) in [6.45, 7) is 3.67. The van der Waals surface area contributed by atoms with Gasteiger partial charge in [-0.25, -0.2) is 9.78 Å². The highest BCUT2D eigenvalue weighted by molar-refractivity contribution is 5.81. The van der Waals surface area contributed by atoms with Gasteiger partial charge in [0.2, 0.25) is 0 Å². The van der Waals surface area contributed by atoms with Crippen LogP contribution < -0.4 is 0 Å². The van der Waals surface area contributed by atoms with Gasteiger partial charge < -0.3 is 9.67 Å². The third-order valence-electron chi connectivity index (χ3n) is 3.24. The Labute approximate surface area is 112 Å². The van der Waals surface area contributed by atoms with E-state index in [-0.39, 0.29) is 0 Å². The highest BCUT2D eigenvalue weighted by Gasteiger charge is 2.37. The van der Waals surface area contributed by atoms with Crippen molar-refractivity contribution in [1.29, 1.82) is 0 Å². The summed E-state index contributed by atoms with van der Waals surface area (Å²) in [5, 5.41) is 9.04. The van der Waals surface area contributed by atoms with Crippen molar-refractivity contribution in [2.75, 3.05) is 0 Å². The maximum atomic E-state index is 12.5. The number of aryl methyl sites for hydroxylation is 2. The van der Waals surface area contributed by atoms with E-state index < -0.39 is 24.6 Å². The SMILES string of the molecule is Cc1cc2ncn(C(CC(F)(F)F)C(=O)O)c2cc1C. The molecule has 0 bridgehead atoms. The number of nitrogens with zero attached hydrogens (tertiary/aromatic N) is 2. The molecule has 20 heavy (non-hydrogen) atoms. The van der Waals surface area contributed by atoms with Crippen molar-refractivity contribution in [2.24, 2.45) is 0 Å². The second kappa shape index (κ2) is 4.81. The maximum absolute atomic E-state index is 12.5. The van der Waals surface area contributed by atoms with Crippen LogP contribution in [0.15, 0.2) is 18.5 Å². The molecule has 2 aromatic rings. The van der Waals surface area contributed by atoms with Crippen LogP contribution in [0.5, 0.6) is 0 Å². The molecule has 1 atom stereocenters. The first kappa shape index (κ1) is 14.4. The zero-order valence-electron chi connectivity index (χ0n) is 10.9. The van der Waals surface area contributed by atoms with Crippen molar-refractivity contribution >= 4 is 17.0 Å². The van der Waals surface area contributed by atoms with E-state index in [0.29, 0.717) is 11.0 Å². The average molecular weight is 286 g/mol. The minimum absolute atomic E-state index is 0.393. The quantitative estimate of drug-likeness (QED) is 0.942. The fraction of sp³-hybridized carbons (Fsp3) is 0.385. The van der Waals surface area contributed by atoms with Gasteiger partial charge in [0, 0.05) is 0 Å². The Morgan fingerprint density at radius 3 is 2.50 bits per heavy atom. The maximum Gasteiger partial charge on any atom is 0.391 e. The average Bonchev–Trinajstić information content (AvgIpc) is 2.68. The zero-order chi connectivity index (χ0) is 15.1. The standard InChI is InChI=1S/C13H13F3N2O2/c1-7-3-9-10(4-8(7)2)18(6-17-9)11(12(19)20)5-13(14,15)16/h3-4,6,11H,5H2,1-2H3,(H,19,20). The monoisotopic (exact) mass is 286 g/mol. The summed E-state index contributed by atoms with van der Waals surface area (Å²) in [6, 6.07) is 1.68. The molecule has 0 fully saturated rings. The van der Waals surface area contributed by atoms with Crippen molar-refractivity contribution in [3.8, 4) is 0 Å². The first-order valence-corrected chi connectivity index (χ1v) is 5.92. The van der Waals surface area contributed by atoms with Gasteiger partial charge in [-0.15, -0.1) is 0 Å². The summed E-state index contributed by atoms with van der Waals surface area (Å²) in [4.78, 5) is 15.1. The predicted molar refractivity (Wildman–Crippen MR) is 66.6 cm³/mol. The molecule has 0 aliphatic carbocycles. The summed E-state index contributed by atoms with van der Waals surface area (Å²) in [6.07, 6.45) is -4.84. The van der Waals surface area contributed by atoms with Crippen LogP contribution in [0.25, 0.3) is 11.0 Å². The molecule has 0 radical (unpaired) electrons. The van der Waals surface area contributed by atoms with Gasteiger partial charge in [0.15, 0.2) is 0 Å². The van der Waals surface area contributed by atoms with Crippen molar-refractivity contribution in [1.82, 2.24) is 9.55 Å². The van der Waals surface area contributed by atoms with Crippen LogP contribution in [-0.4, -0.2) is 26.8 Å². The molecule has 0 spiro atoms. The van der Waals surface area contributed by atoms with Gasteiger partial charge in [-0.1, -0.05) is 0 Å². The normalized spacial score (nSPS) is 13.7. The van der Waals surface area contributed by atoms with Crippen molar-refractivity contribution in [3.63, 3.8) is 0 Å². The Hall–Kier alpha value is -2.05. The molecule has 1 aromatic carbocycles. The second-order valence-corrected chi connectivity index (χ2v) is 4.75. The van der Waals surface area contributed by atoms with Gasteiger partial charge in [0.05, 0.1) is 23.8 Å². The molecule has 4 nitrogen and oxygen atoms in total. The number of hydrogen-bond donors (Lipinski definition) is 1. The van der Waals surface area contributed by atoms with E-state index >= 15 is 0 Å². The fourth-order valence-electron chi connectivity index (χ4n) is 2.05. The molecule has 1 aromatic heterocycles. The Morgan fingerprint density at radius 1 is 1.35 bits per heavy atom. The number of fused-ring (bicyclic) bond motifs is 1. The van der Waals surface area contributed by atoms with Crippen molar-refractivity contribution < 1.29 is 23.1 Å². The second-order valence-electron chi connectivity index (χ2n) is 4.75. The molecule has 0 saturated carbocycles. The van der Waals surface area contributed by atoms with E-state index in [1.54, 1.807) is 12.1 Å². The van der Waals surface area contributed by atoms with Gasteiger partial charge >= 0.3 is 12.1 Å². The fourth-order valence-corrected chi connectivity index (χ4v) is 2.05. The third kappa shape index (κ3) is 2.76. The Balaban J connectivity index is 2.54. The number of rotatable bonds is 3. The zero-order valence-corrected chi connectivity index (χ0v) is 10.9. The van der Waals surface area contributed by atoms with Crippen LogP contribution in [-0.2, 0) is 4.79 Å². The van der Waals surface area contributed by atoms with Gasteiger partial charge in [0.1, 0.15) is 6.04 Å². The molecule has 108 valence electrons. The topological polar surface area (TPSA) is 55.1 Å². The summed E-state index contributed by atoms with van der Waals surface area (Å²) in [5.41, 5.74) is 2.70. The molecule has 0 aliphatic rings. The highest BCUT2D eigenvalue weighted by Crippen LogP contribution is 2.30. The van der Waals surface area contributed by atoms with Crippen LogP contribution in [0.2, 0.25) is 0 Å². The molecule has 1 unspecified atom stereocenters. The Kier molecular flexibility index (Phi) is 3.45. The molecule has 1 N–H and O–H groups in total. The van der Waals surface area contributed by atoms with E-state index in [2.05, 4.69) is 4.98 Å². The third-order valence-corrected chi connectivity index (χ3v) is 3.24. The van der Waals surface area contributed by atoms with Crippen LogP contribution in [0.3, 0.4) is 0 Å². The minimum atomic E-state index is -4.56. The van der Waals surface area contributed by atoms with E-state index in [4.69, 9.17) is 5.11 Å². The van der Waals surface area contributed by atoms with Crippen molar-refractivity contribution in [3.05, 3.63) is 29.6 Å². The van der Waals surface area contributed by atoms with Crippen LogP contribution in [0, 0.1) is 13.8 Å². The first-order chi connectivity index (χ1) is 9.19. The Bertz CT molecular complexity index is 661. The van der Waals surface area contributed by atoms with Crippen LogP contribution >= 0.6 is 0 Å². The summed E-state index contributed by atoms with van der Waals surface area (Å²) in [5.74, 6) is -1.53. The molecule has 7 heteroatoms. The smallest absolute Gasteiger partial charge is 0.391 e. The molecule has 0 amide bonds. The number of benzene rings is 1. The summed E-state index contributed by atoms with van der Waals surface area (Å²) < 4.78 is 38.6. The predicted octanol–water partition coefficient (Wildman–Crippen LogP) is 3.23. The van der Waals surface area contributed by atoms with E-state index in [0.717, 1.165) is 22.0 Å². The highest BCUT2D eigenvalue weighted by atomic mass is 19.4. The number of carbonyl (C=O) groups is 1. The van der Waals surface area contributed by atoms with Gasteiger partial charge in [-0.3, -0.25) is 0 Å². The number of carboxylic acid groups (broad SMARTS) is 1. The summed E-state index contributed by atoms with van der Waals surface area (Å²) >= 11 is 0. The van der Waals surface area contributed by atoms with Gasteiger partial charge in [0.25, 0.3) is 0 Å². The number of aromatic nitrogens is 2. The molecule has 0 saturated heterocycles. The number of halogens is 3. The lowest BCUT2D eigenvalue weighted by Gasteiger charge is -2.17. The largest absolute Gasteiger partial charge is 0.480 e. The Morgan fingerprint density at radius 2 is 1.95 bits per heavy atom. The lowest BCUT2D eigenvalue weighted by atomic mass is 10.1. The van der Waals surface area contributed by atoms with Gasteiger partial charge in [-0.2, -0.15) is 13.2 Å². The van der Waals surface area contributed by atoms with Crippen LogP contribution in [0.1, 0.15) is 23.6 Å². The first-order valence-electron chi connectivity index (χ1n) is 5.92. The van der Waals surface area contributed by atoms with E-state index in [1.165, 1.54) is 0 Å². The summed E-state index contributed by atoms with van der Waals surface area (Å²) in [7, 11) is 0. The van der Waals surface area contributed by atoms with Crippen LogP contribution in [0.4, 0.5) is 13.2 Å². The van der Waals surface area contributed by atoms with E-state index in [1.807, 2.05) is 13.8 Å². The number of aliphatic carboxylic acids is 1. The number of alkyl halides is 3. The molecule has 0 aliphatic heterocycles.